The molecule has 0 aromatic heterocycles. The summed E-state index contributed by atoms with van der Waals surface area (Å²) in [6.07, 6.45) is 2.89. The van der Waals surface area contributed by atoms with Crippen molar-refractivity contribution in [2.75, 3.05) is 6.61 Å². The van der Waals surface area contributed by atoms with Gasteiger partial charge in [0.15, 0.2) is 0 Å². The molecule has 0 aromatic rings. The van der Waals surface area contributed by atoms with Crippen LogP contribution in [0.3, 0.4) is 0 Å². The smallest absolute Gasteiger partial charge is 0.133 e. The molecule has 2 nitrogen and oxygen atoms in total. The third kappa shape index (κ3) is 1.45. The fourth-order valence-corrected chi connectivity index (χ4v) is 2.03. The van der Waals surface area contributed by atoms with Crippen LogP contribution in [0.5, 0.6) is 0 Å². The number of ketones is 1. The normalized spacial score (nSPS) is 36.5. The Morgan fingerprint density at radius 1 is 1.73 bits per heavy atom. The van der Waals surface area contributed by atoms with Gasteiger partial charge in [-0.3, -0.25) is 4.79 Å². The summed E-state index contributed by atoms with van der Waals surface area (Å²) in [5.74, 6) is 0.502. The van der Waals surface area contributed by atoms with Gasteiger partial charge < -0.3 is 5.11 Å². The van der Waals surface area contributed by atoms with Crippen LogP contribution in [0.1, 0.15) is 33.1 Å². The highest BCUT2D eigenvalue weighted by Gasteiger charge is 2.44. The molecule has 1 aliphatic carbocycles. The standard InChI is InChI=1S/C9H16O2/c1-7(11)8-3-4-9(8,2)5-6-10/h8,10H,3-6H2,1-2H3/t8-,9+/m0/s1. The van der Waals surface area contributed by atoms with E-state index in [0.29, 0.717) is 0 Å². The van der Waals surface area contributed by atoms with Crippen molar-refractivity contribution in [3.8, 4) is 0 Å². The summed E-state index contributed by atoms with van der Waals surface area (Å²) in [6, 6.07) is 0. The van der Waals surface area contributed by atoms with Crippen molar-refractivity contribution in [2.45, 2.75) is 33.1 Å². The van der Waals surface area contributed by atoms with Crippen molar-refractivity contribution in [1.29, 1.82) is 0 Å². The molecular formula is C9H16O2. The van der Waals surface area contributed by atoms with Gasteiger partial charge in [-0.15, -0.1) is 0 Å². The van der Waals surface area contributed by atoms with Gasteiger partial charge in [-0.1, -0.05) is 6.92 Å². The van der Waals surface area contributed by atoms with Crippen LogP contribution in [0.15, 0.2) is 0 Å². The van der Waals surface area contributed by atoms with Crippen LogP contribution >= 0.6 is 0 Å². The number of Topliss-reactive ketones (excluding diaryl/α,β-unsaturated/α-hetero) is 1. The zero-order valence-electron chi connectivity index (χ0n) is 7.26. The molecule has 1 aliphatic rings. The van der Waals surface area contributed by atoms with Gasteiger partial charge in [0.1, 0.15) is 5.78 Å². The second kappa shape index (κ2) is 2.94. The van der Waals surface area contributed by atoms with E-state index in [4.69, 9.17) is 5.11 Å². The first-order chi connectivity index (χ1) is 5.10. The van der Waals surface area contributed by atoms with Crippen molar-refractivity contribution >= 4 is 5.78 Å². The van der Waals surface area contributed by atoms with Gasteiger partial charge in [-0.05, 0) is 31.6 Å². The van der Waals surface area contributed by atoms with Crippen molar-refractivity contribution in [3.05, 3.63) is 0 Å². The van der Waals surface area contributed by atoms with Crippen LogP contribution in [0.4, 0.5) is 0 Å². The molecule has 0 bridgehead atoms. The Kier molecular flexibility index (Phi) is 2.33. The maximum absolute atomic E-state index is 11.0. The van der Waals surface area contributed by atoms with E-state index in [1.165, 1.54) is 0 Å². The molecule has 0 heterocycles. The van der Waals surface area contributed by atoms with E-state index in [1.807, 2.05) is 0 Å². The summed E-state index contributed by atoms with van der Waals surface area (Å²) in [5.41, 5.74) is 0.112. The van der Waals surface area contributed by atoms with E-state index < -0.39 is 0 Å². The third-order valence-corrected chi connectivity index (χ3v) is 3.02. The second-order valence-corrected chi connectivity index (χ2v) is 3.83. The predicted octanol–water partition coefficient (Wildman–Crippen LogP) is 1.37. The molecule has 0 amide bonds. The fraction of sp³-hybridized carbons (Fsp3) is 0.889. The lowest BCUT2D eigenvalue weighted by molar-refractivity contribution is -0.131. The van der Waals surface area contributed by atoms with Crippen molar-refractivity contribution in [2.24, 2.45) is 11.3 Å². The maximum atomic E-state index is 11.0. The SMILES string of the molecule is CC(=O)[C@@H]1CC[C@]1(C)CCO. The molecule has 64 valence electrons. The molecule has 11 heavy (non-hydrogen) atoms. The van der Waals surface area contributed by atoms with Gasteiger partial charge >= 0.3 is 0 Å². The highest BCUT2D eigenvalue weighted by atomic mass is 16.3. The number of hydrogen-bond donors (Lipinski definition) is 1. The molecule has 1 saturated carbocycles. The third-order valence-electron chi connectivity index (χ3n) is 3.02. The Morgan fingerprint density at radius 3 is 2.64 bits per heavy atom. The molecule has 1 N–H and O–H groups in total. The zero-order chi connectivity index (χ0) is 8.48. The minimum absolute atomic E-state index is 0.112. The summed E-state index contributed by atoms with van der Waals surface area (Å²) in [4.78, 5) is 11.0. The van der Waals surface area contributed by atoms with E-state index in [9.17, 15) is 4.79 Å². The molecule has 0 saturated heterocycles. The minimum atomic E-state index is 0.112. The lowest BCUT2D eigenvalue weighted by atomic mass is 9.58. The topological polar surface area (TPSA) is 37.3 Å². The lowest BCUT2D eigenvalue weighted by Crippen LogP contribution is -2.42. The number of hydrogen-bond acceptors (Lipinski definition) is 2. The molecular weight excluding hydrogens is 140 g/mol. The second-order valence-electron chi connectivity index (χ2n) is 3.83. The Labute approximate surface area is 67.6 Å². The lowest BCUT2D eigenvalue weighted by Gasteiger charge is -2.45. The Balaban J connectivity index is 2.52. The van der Waals surface area contributed by atoms with Crippen LogP contribution in [0.25, 0.3) is 0 Å². The van der Waals surface area contributed by atoms with Crippen LogP contribution in [-0.2, 0) is 4.79 Å². The van der Waals surface area contributed by atoms with Gasteiger partial charge in [0.25, 0.3) is 0 Å². The number of rotatable bonds is 3. The summed E-state index contributed by atoms with van der Waals surface area (Å²) in [7, 11) is 0. The highest BCUT2D eigenvalue weighted by molar-refractivity contribution is 5.80. The number of carbonyl (C=O) groups is 1. The Bertz CT molecular complexity index is 165. The number of carbonyl (C=O) groups excluding carboxylic acids is 1. The monoisotopic (exact) mass is 156 g/mol. The zero-order valence-corrected chi connectivity index (χ0v) is 7.26. The van der Waals surface area contributed by atoms with E-state index in [1.54, 1.807) is 6.92 Å². The summed E-state index contributed by atoms with van der Waals surface area (Å²) in [6.45, 7) is 3.96. The molecule has 0 aliphatic heterocycles. The van der Waals surface area contributed by atoms with Crippen molar-refractivity contribution < 1.29 is 9.90 Å². The highest BCUT2D eigenvalue weighted by Crippen LogP contribution is 2.49. The number of aliphatic hydroxyl groups is 1. The molecule has 0 aromatic carbocycles. The average Bonchev–Trinajstić information content (AvgIpc) is 1.85. The van der Waals surface area contributed by atoms with Crippen LogP contribution in [0, 0.1) is 11.3 Å². The van der Waals surface area contributed by atoms with Gasteiger partial charge in [0.2, 0.25) is 0 Å². The molecule has 2 heteroatoms. The first-order valence-corrected chi connectivity index (χ1v) is 4.21. The van der Waals surface area contributed by atoms with E-state index >= 15 is 0 Å². The number of aliphatic hydroxyl groups excluding tert-OH is 1. The average molecular weight is 156 g/mol. The maximum Gasteiger partial charge on any atom is 0.133 e. The van der Waals surface area contributed by atoms with Crippen molar-refractivity contribution in [1.82, 2.24) is 0 Å². The van der Waals surface area contributed by atoms with Gasteiger partial charge in [0, 0.05) is 12.5 Å². The van der Waals surface area contributed by atoms with Crippen LogP contribution in [0.2, 0.25) is 0 Å². The van der Waals surface area contributed by atoms with E-state index in [2.05, 4.69) is 6.92 Å². The fourth-order valence-electron chi connectivity index (χ4n) is 2.03. The largest absolute Gasteiger partial charge is 0.396 e. The van der Waals surface area contributed by atoms with Gasteiger partial charge in [0.05, 0.1) is 0 Å². The molecule has 0 unspecified atom stereocenters. The molecule has 0 spiro atoms. The minimum Gasteiger partial charge on any atom is -0.396 e. The van der Waals surface area contributed by atoms with E-state index in [0.717, 1.165) is 19.3 Å². The van der Waals surface area contributed by atoms with Gasteiger partial charge in [-0.25, -0.2) is 0 Å². The van der Waals surface area contributed by atoms with Crippen molar-refractivity contribution in [3.63, 3.8) is 0 Å². The van der Waals surface area contributed by atoms with Crippen LogP contribution in [-0.4, -0.2) is 17.5 Å². The molecule has 1 fully saturated rings. The summed E-state index contributed by atoms with van der Waals surface area (Å²) < 4.78 is 0. The molecule has 2 atom stereocenters. The van der Waals surface area contributed by atoms with E-state index in [-0.39, 0.29) is 23.7 Å². The quantitative estimate of drug-likeness (QED) is 0.670. The van der Waals surface area contributed by atoms with Gasteiger partial charge in [-0.2, -0.15) is 0 Å². The Morgan fingerprint density at radius 2 is 2.36 bits per heavy atom. The molecule has 0 radical (unpaired) electrons. The summed E-state index contributed by atoms with van der Waals surface area (Å²) in [5, 5.41) is 8.76. The first kappa shape index (κ1) is 8.72. The Hall–Kier alpha value is -0.370. The van der Waals surface area contributed by atoms with Crippen LogP contribution < -0.4 is 0 Å². The predicted molar refractivity (Wildman–Crippen MR) is 43.2 cm³/mol. The first-order valence-electron chi connectivity index (χ1n) is 4.21. The summed E-state index contributed by atoms with van der Waals surface area (Å²) >= 11 is 0. The molecule has 1 rings (SSSR count).